The first-order valence-electron chi connectivity index (χ1n) is 4.88. The third-order valence-electron chi connectivity index (χ3n) is 2.49. The number of nitrogens with zero attached hydrogens (tertiary/aromatic N) is 1. The van der Waals surface area contributed by atoms with E-state index in [0.717, 1.165) is 5.69 Å². The summed E-state index contributed by atoms with van der Waals surface area (Å²) in [6.07, 6.45) is 0. The lowest BCUT2D eigenvalue weighted by atomic mass is 10.2. The molecule has 0 amide bonds. The minimum Gasteiger partial charge on any atom is -0.399 e. The maximum absolute atomic E-state index is 5.82. The highest BCUT2D eigenvalue weighted by Crippen LogP contribution is 2.49. The highest BCUT2D eigenvalue weighted by molar-refractivity contribution is 14.1. The van der Waals surface area contributed by atoms with Crippen LogP contribution >= 0.6 is 34.6 Å². The van der Waals surface area contributed by atoms with Gasteiger partial charge in [0.15, 0.2) is 0 Å². The number of hydrogen-bond acceptors (Lipinski definition) is 3. The summed E-state index contributed by atoms with van der Waals surface area (Å²) in [5.41, 5.74) is 9.03. The van der Waals surface area contributed by atoms with Gasteiger partial charge in [-0.3, -0.25) is 3.11 Å². The number of nitrogen functional groups attached to an aromatic ring is 1. The lowest BCUT2D eigenvalue weighted by Crippen LogP contribution is -2.07. The Kier molecular flexibility index (Phi) is 2.48. The fraction of sp³-hybridized carbons (Fsp3) is 0. The molecule has 1 heterocycles. The molecule has 1 aliphatic heterocycles. The minimum absolute atomic E-state index is 0.806. The number of hydrogen-bond donors (Lipinski definition) is 1. The van der Waals surface area contributed by atoms with Crippen LogP contribution in [0.25, 0.3) is 0 Å². The molecule has 0 bridgehead atoms. The third-order valence-corrected chi connectivity index (χ3v) is 4.66. The van der Waals surface area contributed by atoms with E-state index in [1.165, 1.54) is 21.2 Å². The van der Waals surface area contributed by atoms with Crippen LogP contribution in [0.2, 0.25) is 0 Å². The fourth-order valence-corrected chi connectivity index (χ4v) is 3.91. The maximum atomic E-state index is 5.82. The van der Waals surface area contributed by atoms with Gasteiger partial charge in [-0.05, 0) is 30.3 Å². The molecule has 0 aliphatic carbocycles. The SMILES string of the molecule is Nc1ccc2c(c1)N(I)c1ccccc1S2. The average Bonchev–Trinajstić information content (AvgIpc) is 2.31. The number of fused-ring (bicyclic) bond motifs is 2. The summed E-state index contributed by atoms with van der Waals surface area (Å²) in [5, 5.41) is 0. The summed E-state index contributed by atoms with van der Waals surface area (Å²) in [6, 6.07) is 14.4. The molecular formula is C12H9IN2S. The van der Waals surface area contributed by atoms with E-state index in [-0.39, 0.29) is 0 Å². The first-order valence-corrected chi connectivity index (χ1v) is 6.66. The molecule has 16 heavy (non-hydrogen) atoms. The topological polar surface area (TPSA) is 29.3 Å². The zero-order valence-corrected chi connectivity index (χ0v) is 11.3. The van der Waals surface area contributed by atoms with E-state index in [1.54, 1.807) is 11.8 Å². The summed E-state index contributed by atoms with van der Waals surface area (Å²) in [5.74, 6) is 0. The highest BCUT2D eigenvalue weighted by Gasteiger charge is 2.21. The Morgan fingerprint density at radius 1 is 1.00 bits per heavy atom. The number of halogens is 1. The molecule has 0 saturated carbocycles. The predicted molar refractivity (Wildman–Crippen MR) is 77.6 cm³/mol. The van der Waals surface area contributed by atoms with Gasteiger partial charge in [0.25, 0.3) is 0 Å². The van der Waals surface area contributed by atoms with Crippen molar-refractivity contribution in [3.63, 3.8) is 0 Å². The standard InChI is InChI=1S/C12H9IN2S/c13-15-9-3-1-2-4-11(9)16-12-6-5-8(14)7-10(12)15/h1-7H,14H2. The van der Waals surface area contributed by atoms with Gasteiger partial charge in [0.2, 0.25) is 0 Å². The second kappa shape index (κ2) is 3.85. The smallest absolute Gasteiger partial charge is 0.0671 e. The zero-order valence-electron chi connectivity index (χ0n) is 8.35. The Hall–Kier alpha value is -0.880. The lowest BCUT2D eigenvalue weighted by Gasteiger charge is -2.27. The van der Waals surface area contributed by atoms with Crippen LogP contribution in [0.3, 0.4) is 0 Å². The average molecular weight is 340 g/mol. The first kappa shape index (κ1) is 10.3. The second-order valence-electron chi connectivity index (χ2n) is 3.58. The Labute approximate surface area is 112 Å². The van der Waals surface area contributed by atoms with Crippen molar-refractivity contribution < 1.29 is 0 Å². The summed E-state index contributed by atoms with van der Waals surface area (Å²) >= 11 is 4.11. The lowest BCUT2D eigenvalue weighted by molar-refractivity contribution is 1.27. The Morgan fingerprint density at radius 2 is 1.75 bits per heavy atom. The molecular weight excluding hydrogens is 331 g/mol. The number of anilines is 3. The van der Waals surface area contributed by atoms with Crippen LogP contribution in [0, 0.1) is 0 Å². The van der Waals surface area contributed by atoms with Crippen molar-refractivity contribution in [2.45, 2.75) is 9.79 Å². The molecule has 0 atom stereocenters. The minimum atomic E-state index is 0.806. The number of rotatable bonds is 0. The van der Waals surface area contributed by atoms with Gasteiger partial charge in [0.1, 0.15) is 0 Å². The largest absolute Gasteiger partial charge is 0.399 e. The van der Waals surface area contributed by atoms with E-state index in [1.807, 2.05) is 12.1 Å². The van der Waals surface area contributed by atoms with Crippen molar-refractivity contribution >= 4 is 51.7 Å². The third kappa shape index (κ3) is 1.56. The van der Waals surface area contributed by atoms with Crippen molar-refractivity contribution in [2.75, 3.05) is 8.85 Å². The Morgan fingerprint density at radius 3 is 2.62 bits per heavy atom. The first-order chi connectivity index (χ1) is 7.75. The number of benzene rings is 2. The van der Waals surface area contributed by atoms with Gasteiger partial charge in [0, 0.05) is 15.5 Å². The molecule has 0 unspecified atom stereocenters. The number of para-hydroxylation sites is 1. The van der Waals surface area contributed by atoms with Crippen LogP contribution < -0.4 is 8.85 Å². The summed E-state index contributed by atoms with van der Waals surface area (Å²) in [4.78, 5) is 2.54. The molecule has 0 saturated heterocycles. The predicted octanol–water partition coefficient (Wildman–Crippen LogP) is 4.22. The molecule has 3 rings (SSSR count). The normalized spacial score (nSPS) is 13.2. The Balaban J connectivity index is 2.19. The van der Waals surface area contributed by atoms with E-state index in [2.05, 4.69) is 56.3 Å². The van der Waals surface area contributed by atoms with Crippen molar-refractivity contribution in [3.8, 4) is 0 Å². The molecule has 2 aromatic carbocycles. The van der Waals surface area contributed by atoms with Crippen LogP contribution in [-0.2, 0) is 0 Å². The van der Waals surface area contributed by atoms with Gasteiger partial charge in [-0.25, -0.2) is 0 Å². The van der Waals surface area contributed by atoms with Gasteiger partial charge >= 0.3 is 0 Å². The van der Waals surface area contributed by atoms with Gasteiger partial charge in [-0.15, -0.1) is 0 Å². The Bertz CT molecular complexity index is 556. The monoisotopic (exact) mass is 340 g/mol. The van der Waals surface area contributed by atoms with Crippen molar-refractivity contribution in [1.82, 2.24) is 0 Å². The molecule has 0 radical (unpaired) electrons. The van der Waals surface area contributed by atoms with Crippen molar-refractivity contribution in [3.05, 3.63) is 42.5 Å². The van der Waals surface area contributed by atoms with Gasteiger partial charge in [0.05, 0.1) is 34.2 Å². The van der Waals surface area contributed by atoms with E-state index < -0.39 is 0 Å². The molecule has 0 spiro atoms. The van der Waals surface area contributed by atoms with Gasteiger partial charge in [-0.2, -0.15) is 0 Å². The molecule has 2 N–H and O–H groups in total. The highest BCUT2D eigenvalue weighted by atomic mass is 127. The molecule has 4 heteroatoms. The van der Waals surface area contributed by atoms with E-state index >= 15 is 0 Å². The maximum Gasteiger partial charge on any atom is 0.0671 e. The fourth-order valence-electron chi connectivity index (χ4n) is 1.73. The van der Waals surface area contributed by atoms with Crippen molar-refractivity contribution in [1.29, 1.82) is 0 Å². The van der Waals surface area contributed by atoms with Crippen LogP contribution in [0.15, 0.2) is 52.3 Å². The quantitative estimate of drug-likeness (QED) is 0.442. The van der Waals surface area contributed by atoms with E-state index in [4.69, 9.17) is 5.73 Å². The van der Waals surface area contributed by atoms with Crippen LogP contribution in [0.1, 0.15) is 0 Å². The van der Waals surface area contributed by atoms with Crippen LogP contribution in [0.4, 0.5) is 17.1 Å². The van der Waals surface area contributed by atoms with Crippen molar-refractivity contribution in [2.24, 2.45) is 0 Å². The van der Waals surface area contributed by atoms with Gasteiger partial charge in [-0.1, -0.05) is 23.9 Å². The summed E-state index contributed by atoms with van der Waals surface area (Å²) in [7, 11) is 0. The molecule has 0 fully saturated rings. The second-order valence-corrected chi connectivity index (χ2v) is 5.63. The van der Waals surface area contributed by atoms with Crippen LogP contribution in [0.5, 0.6) is 0 Å². The number of nitrogens with two attached hydrogens (primary N) is 1. The molecule has 2 aromatic rings. The zero-order chi connectivity index (χ0) is 11.1. The molecule has 2 nitrogen and oxygen atoms in total. The summed E-state index contributed by atoms with van der Waals surface area (Å²) < 4.78 is 2.16. The van der Waals surface area contributed by atoms with Crippen LogP contribution in [-0.4, -0.2) is 0 Å². The molecule has 80 valence electrons. The summed E-state index contributed by atoms with van der Waals surface area (Å²) in [6.45, 7) is 0. The van der Waals surface area contributed by atoms with E-state index in [0.29, 0.717) is 0 Å². The molecule has 1 aliphatic rings. The van der Waals surface area contributed by atoms with Gasteiger partial charge < -0.3 is 5.73 Å². The van der Waals surface area contributed by atoms with E-state index in [9.17, 15) is 0 Å². The molecule has 0 aromatic heterocycles.